The molecule has 0 aromatic heterocycles. The van der Waals surface area contributed by atoms with E-state index in [1.807, 2.05) is 12.1 Å². The molecule has 0 atom stereocenters. The molecule has 2 aliphatic rings. The third-order valence-corrected chi connectivity index (χ3v) is 5.92. The fourth-order valence-corrected chi connectivity index (χ4v) is 4.58. The number of sulfone groups is 1. The van der Waals surface area contributed by atoms with Gasteiger partial charge in [0.05, 0.1) is 10.6 Å². The van der Waals surface area contributed by atoms with Crippen LogP contribution in [0, 0.1) is 0 Å². The summed E-state index contributed by atoms with van der Waals surface area (Å²) in [6.07, 6.45) is 5.01. The minimum absolute atomic E-state index is 0.221. The first-order chi connectivity index (χ1) is 8.01. The fraction of sp³-hybridized carbons (Fsp3) is 0.538. The number of fused-ring (bicyclic) bond motifs is 1. The number of hydrogen-bond acceptors (Lipinski definition) is 3. The Morgan fingerprint density at radius 1 is 1.18 bits per heavy atom. The average Bonchev–Trinajstić information content (AvgIpc) is 2.85. The van der Waals surface area contributed by atoms with Gasteiger partial charge >= 0.3 is 0 Å². The van der Waals surface area contributed by atoms with Crippen LogP contribution < -0.4 is 5.73 Å². The molecule has 0 saturated heterocycles. The zero-order chi connectivity index (χ0) is 12.1. The first-order valence-electron chi connectivity index (χ1n) is 6.16. The van der Waals surface area contributed by atoms with Crippen molar-refractivity contribution in [3.63, 3.8) is 0 Å². The average molecular weight is 251 g/mol. The summed E-state index contributed by atoms with van der Waals surface area (Å²) in [6.45, 7) is 0. The highest BCUT2D eigenvalue weighted by Gasteiger charge is 2.33. The predicted octanol–water partition coefficient (Wildman–Crippen LogP) is 1.74. The zero-order valence-electron chi connectivity index (χ0n) is 9.78. The summed E-state index contributed by atoms with van der Waals surface area (Å²) in [5.74, 6) is 0.253. The Labute approximate surface area is 102 Å². The molecule has 17 heavy (non-hydrogen) atoms. The van der Waals surface area contributed by atoms with Crippen molar-refractivity contribution in [3.8, 4) is 0 Å². The second-order valence-corrected chi connectivity index (χ2v) is 7.33. The third kappa shape index (κ3) is 1.70. The normalized spacial score (nSPS) is 24.8. The van der Waals surface area contributed by atoms with Crippen LogP contribution in [0.1, 0.15) is 36.8 Å². The number of rotatable bonds is 1. The third-order valence-electron chi connectivity index (χ3n) is 4.11. The van der Waals surface area contributed by atoms with E-state index in [4.69, 9.17) is 5.73 Å². The maximum absolute atomic E-state index is 11.7. The molecule has 3 rings (SSSR count). The van der Waals surface area contributed by atoms with Gasteiger partial charge < -0.3 is 5.73 Å². The largest absolute Gasteiger partial charge is 0.321 e. The van der Waals surface area contributed by atoms with Crippen LogP contribution in [0.5, 0.6) is 0 Å². The van der Waals surface area contributed by atoms with Crippen molar-refractivity contribution in [2.45, 2.75) is 42.5 Å². The van der Waals surface area contributed by atoms with Gasteiger partial charge in [0.1, 0.15) is 0 Å². The van der Waals surface area contributed by atoms with E-state index in [0.29, 0.717) is 11.3 Å². The Hall–Kier alpha value is -0.870. The van der Waals surface area contributed by atoms with E-state index < -0.39 is 9.84 Å². The van der Waals surface area contributed by atoms with Crippen molar-refractivity contribution in [2.75, 3.05) is 5.75 Å². The molecule has 1 aliphatic carbocycles. The van der Waals surface area contributed by atoms with Crippen LogP contribution in [0.2, 0.25) is 0 Å². The molecule has 0 amide bonds. The van der Waals surface area contributed by atoms with Crippen molar-refractivity contribution >= 4 is 9.84 Å². The van der Waals surface area contributed by atoms with Crippen LogP contribution in [0.4, 0.5) is 0 Å². The van der Waals surface area contributed by atoms with Crippen LogP contribution in [0.25, 0.3) is 0 Å². The number of benzene rings is 1. The van der Waals surface area contributed by atoms with Gasteiger partial charge in [-0.3, -0.25) is 0 Å². The second kappa shape index (κ2) is 3.56. The van der Waals surface area contributed by atoms with E-state index in [2.05, 4.69) is 0 Å². The van der Waals surface area contributed by atoms with E-state index in [1.54, 1.807) is 6.07 Å². The minimum Gasteiger partial charge on any atom is -0.321 e. The van der Waals surface area contributed by atoms with Crippen molar-refractivity contribution < 1.29 is 8.42 Å². The second-order valence-electron chi connectivity index (χ2n) is 5.25. The fourth-order valence-electron chi connectivity index (χ4n) is 3.04. The summed E-state index contributed by atoms with van der Waals surface area (Å²) in [7, 11) is -3.01. The van der Waals surface area contributed by atoms with Gasteiger partial charge in [-0.15, -0.1) is 0 Å². The van der Waals surface area contributed by atoms with Gasteiger partial charge in [0.15, 0.2) is 9.84 Å². The van der Waals surface area contributed by atoms with Gasteiger partial charge in [0.25, 0.3) is 0 Å². The molecule has 4 heteroatoms. The summed E-state index contributed by atoms with van der Waals surface area (Å²) < 4.78 is 23.5. The summed E-state index contributed by atoms with van der Waals surface area (Å²) in [6, 6.07) is 5.68. The Morgan fingerprint density at radius 2 is 1.88 bits per heavy atom. The molecule has 1 aromatic rings. The minimum atomic E-state index is -3.01. The van der Waals surface area contributed by atoms with Crippen LogP contribution in [0.15, 0.2) is 23.1 Å². The Morgan fingerprint density at radius 3 is 2.59 bits per heavy atom. The summed E-state index contributed by atoms with van der Waals surface area (Å²) in [5.41, 5.74) is 8.25. The molecule has 0 bridgehead atoms. The molecular weight excluding hydrogens is 234 g/mol. The van der Waals surface area contributed by atoms with E-state index in [-0.39, 0.29) is 11.3 Å². The number of hydrogen-bond donors (Lipinski definition) is 1. The Balaban J connectivity index is 2.06. The summed E-state index contributed by atoms with van der Waals surface area (Å²) in [5, 5.41) is 0. The van der Waals surface area contributed by atoms with Gasteiger partial charge in [0.2, 0.25) is 0 Å². The van der Waals surface area contributed by atoms with Gasteiger partial charge in [-0.1, -0.05) is 25.0 Å². The Bertz CT molecular complexity index is 557. The van der Waals surface area contributed by atoms with Crippen LogP contribution in [-0.2, 0) is 21.8 Å². The topological polar surface area (TPSA) is 60.2 Å². The van der Waals surface area contributed by atoms with Crippen molar-refractivity contribution in [1.29, 1.82) is 0 Å². The number of nitrogens with two attached hydrogens (primary N) is 1. The lowest BCUT2D eigenvalue weighted by molar-refractivity contribution is 0.461. The van der Waals surface area contributed by atoms with Crippen molar-refractivity contribution in [3.05, 3.63) is 29.3 Å². The molecular formula is C13H17NO2S. The van der Waals surface area contributed by atoms with Crippen molar-refractivity contribution in [1.82, 2.24) is 0 Å². The van der Waals surface area contributed by atoms with Gasteiger partial charge in [-0.25, -0.2) is 8.42 Å². The van der Waals surface area contributed by atoms with Gasteiger partial charge in [-0.05, 0) is 36.5 Å². The van der Waals surface area contributed by atoms with E-state index >= 15 is 0 Å². The molecule has 2 N–H and O–H groups in total. The van der Waals surface area contributed by atoms with Crippen molar-refractivity contribution in [2.24, 2.45) is 5.73 Å². The summed E-state index contributed by atoms with van der Waals surface area (Å²) in [4.78, 5) is 0.517. The molecule has 1 saturated carbocycles. The summed E-state index contributed by atoms with van der Waals surface area (Å²) >= 11 is 0. The predicted molar refractivity (Wildman–Crippen MR) is 66.5 cm³/mol. The lowest BCUT2D eigenvalue weighted by Gasteiger charge is -2.24. The molecule has 0 spiro atoms. The van der Waals surface area contributed by atoms with E-state index in [9.17, 15) is 8.42 Å². The van der Waals surface area contributed by atoms with Crippen LogP contribution in [0.3, 0.4) is 0 Å². The lowest BCUT2D eigenvalue weighted by Crippen LogP contribution is -2.33. The first kappa shape index (κ1) is 11.2. The molecule has 3 nitrogen and oxygen atoms in total. The van der Waals surface area contributed by atoms with E-state index in [0.717, 1.165) is 24.0 Å². The van der Waals surface area contributed by atoms with Gasteiger partial charge in [0, 0.05) is 5.54 Å². The molecule has 1 fully saturated rings. The zero-order valence-corrected chi connectivity index (χ0v) is 10.6. The van der Waals surface area contributed by atoms with Crippen LogP contribution in [-0.4, -0.2) is 14.2 Å². The highest BCUT2D eigenvalue weighted by molar-refractivity contribution is 7.91. The smallest absolute Gasteiger partial charge is 0.178 e. The molecule has 0 unspecified atom stereocenters. The molecule has 1 heterocycles. The number of aryl methyl sites for hydroxylation is 1. The standard InChI is InChI=1S/C13H17NO2S/c14-13(6-1-2-7-13)11-3-4-12-10(9-11)5-8-17(12,15)16/h3-4,9H,1-2,5-8,14H2. The highest BCUT2D eigenvalue weighted by Crippen LogP contribution is 2.38. The van der Waals surface area contributed by atoms with Gasteiger partial charge in [-0.2, -0.15) is 0 Å². The molecule has 1 aliphatic heterocycles. The molecule has 92 valence electrons. The molecule has 0 radical (unpaired) electrons. The van der Waals surface area contributed by atoms with E-state index in [1.165, 1.54) is 12.8 Å². The Kier molecular flexibility index (Phi) is 2.35. The maximum Gasteiger partial charge on any atom is 0.178 e. The monoisotopic (exact) mass is 251 g/mol. The quantitative estimate of drug-likeness (QED) is 0.827. The molecule has 1 aromatic carbocycles. The lowest BCUT2D eigenvalue weighted by atomic mass is 9.88. The SMILES string of the molecule is NC1(c2ccc3c(c2)CCS3(=O)=O)CCCC1. The van der Waals surface area contributed by atoms with Crippen LogP contribution >= 0.6 is 0 Å². The maximum atomic E-state index is 11.7. The highest BCUT2D eigenvalue weighted by atomic mass is 32.2. The first-order valence-corrected chi connectivity index (χ1v) is 7.82.